The normalized spacial score (nSPS) is 11.7. The molecule has 0 bridgehead atoms. The van der Waals surface area contributed by atoms with Crippen LogP contribution in [0.15, 0.2) is 24.3 Å². The highest BCUT2D eigenvalue weighted by Crippen LogP contribution is 2.07. The first kappa shape index (κ1) is 14.0. The standard InChI is InChI=1S/C12H17N3O3/c1-8-2-4-9(5-3-8)14-15-11(16)7-6-10(13)12(17)18/h2-5,10,14H,6-7,13H2,1H3,(H,15,16)(H,17,18)/t10-/m0/s1. The van der Waals surface area contributed by atoms with Gasteiger partial charge in [0.1, 0.15) is 6.04 Å². The molecule has 0 saturated heterocycles. The smallest absolute Gasteiger partial charge is 0.320 e. The lowest BCUT2D eigenvalue weighted by Gasteiger charge is -2.09. The Balaban J connectivity index is 2.29. The van der Waals surface area contributed by atoms with Crippen LogP contribution in [0.2, 0.25) is 0 Å². The van der Waals surface area contributed by atoms with Gasteiger partial charge in [0.2, 0.25) is 5.91 Å². The first-order chi connectivity index (χ1) is 8.49. The van der Waals surface area contributed by atoms with Crippen molar-refractivity contribution in [1.29, 1.82) is 0 Å². The quantitative estimate of drug-likeness (QED) is 0.555. The van der Waals surface area contributed by atoms with Crippen molar-refractivity contribution in [2.45, 2.75) is 25.8 Å². The van der Waals surface area contributed by atoms with Crippen LogP contribution in [-0.4, -0.2) is 23.0 Å². The van der Waals surface area contributed by atoms with Crippen molar-refractivity contribution in [2.75, 3.05) is 5.43 Å². The molecule has 1 rings (SSSR count). The number of carbonyl (C=O) groups is 2. The fraction of sp³-hybridized carbons (Fsp3) is 0.333. The zero-order chi connectivity index (χ0) is 13.5. The minimum absolute atomic E-state index is 0.0618. The van der Waals surface area contributed by atoms with Crippen LogP contribution in [0, 0.1) is 6.92 Å². The number of carboxylic acids is 1. The van der Waals surface area contributed by atoms with E-state index in [1.807, 2.05) is 31.2 Å². The van der Waals surface area contributed by atoms with Crippen molar-refractivity contribution >= 4 is 17.6 Å². The summed E-state index contributed by atoms with van der Waals surface area (Å²) in [7, 11) is 0. The maximum Gasteiger partial charge on any atom is 0.320 e. The third-order valence-corrected chi connectivity index (χ3v) is 2.40. The SMILES string of the molecule is Cc1ccc(NNC(=O)CC[C@H](N)C(=O)O)cc1. The Morgan fingerprint density at radius 3 is 2.50 bits per heavy atom. The van der Waals surface area contributed by atoms with Crippen LogP contribution in [0.1, 0.15) is 18.4 Å². The molecule has 0 heterocycles. The van der Waals surface area contributed by atoms with E-state index in [0.29, 0.717) is 0 Å². The Kier molecular flexibility index (Phi) is 5.13. The third-order valence-electron chi connectivity index (χ3n) is 2.40. The second-order valence-electron chi connectivity index (χ2n) is 4.02. The molecule has 0 aliphatic carbocycles. The summed E-state index contributed by atoms with van der Waals surface area (Å²) in [6, 6.07) is 6.48. The van der Waals surface area contributed by atoms with Crippen LogP contribution in [0.4, 0.5) is 5.69 Å². The first-order valence-corrected chi connectivity index (χ1v) is 5.59. The summed E-state index contributed by atoms with van der Waals surface area (Å²) in [5.41, 5.74) is 12.4. The molecule has 0 spiro atoms. The van der Waals surface area contributed by atoms with E-state index in [-0.39, 0.29) is 18.7 Å². The number of anilines is 1. The summed E-state index contributed by atoms with van der Waals surface area (Å²) in [6.07, 6.45) is 0.170. The number of nitrogens with two attached hydrogens (primary N) is 1. The molecule has 0 fully saturated rings. The van der Waals surface area contributed by atoms with Gasteiger partial charge < -0.3 is 10.8 Å². The highest BCUT2D eigenvalue weighted by molar-refractivity contribution is 5.79. The number of hydrogen-bond donors (Lipinski definition) is 4. The molecule has 1 amide bonds. The average molecular weight is 251 g/mol. The van der Waals surface area contributed by atoms with Crippen LogP contribution in [0.5, 0.6) is 0 Å². The highest BCUT2D eigenvalue weighted by atomic mass is 16.4. The molecule has 0 aromatic heterocycles. The summed E-state index contributed by atoms with van der Waals surface area (Å²) in [6.45, 7) is 1.97. The molecular formula is C12H17N3O3. The van der Waals surface area contributed by atoms with Gasteiger partial charge in [0.15, 0.2) is 0 Å². The molecule has 1 aromatic carbocycles. The maximum absolute atomic E-state index is 11.4. The number of benzene rings is 1. The molecule has 98 valence electrons. The number of aryl methyl sites for hydroxylation is 1. The molecule has 0 aliphatic rings. The molecule has 18 heavy (non-hydrogen) atoms. The monoisotopic (exact) mass is 251 g/mol. The zero-order valence-corrected chi connectivity index (χ0v) is 10.1. The number of amides is 1. The van der Waals surface area contributed by atoms with Gasteiger partial charge in [-0.25, -0.2) is 0 Å². The fourth-order valence-electron chi connectivity index (χ4n) is 1.25. The van der Waals surface area contributed by atoms with Gasteiger partial charge in [0.05, 0.1) is 5.69 Å². The molecule has 0 unspecified atom stereocenters. The molecule has 1 atom stereocenters. The van der Waals surface area contributed by atoms with Crippen molar-refractivity contribution in [1.82, 2.24) is 5.43 Å². The van der Waals surface area contributed by atoms with Gasteiger partial charge >= 0.3 is 5.97 Å². The Morgan fingerprint density at radius 2 is 1.94 bits per heavy atom. The summed E-state index contributed by atoms with van der Waals surface area (Å²) >= 11 is 0. The Labute approximate surface area is 105 Å². The van der Waals surface area contributed by atoms with E-state index in [2.05, 4.69) is 10.9 Å². The van der Waals surface area contributed by atoms with Gasteiger partial charge in [0.25, 0.3) is 0 Å². The predicted molar refractivity (Wildman–Crippen MR) is 67.8 cm³/mol. The maximum atomic E-state index is 11.4. The summed E-state index contributed by atoms with van der Waals surface area (Å²) in [4.78, 5) is 21.8. The Bertz CT molecular complexity index is 417. The lowest BCUT2D eigenvalue weighted by Crippen LogP contribution is -2.34. The van der Waals surface area contributed by atoms with Gasteiger partial charge in [-0.2, -0.15) is 0 Å². The van der Waals surface area contributed by atoms with Crippen molar-refractivity contribution in [3.8, 4) is 0 Å². The number of carboxylic acid groups (broad SMARTS) is 1. The molecule has 5 N–H and O–H groups in total. The van der Waals surface area contributed by atoms with Gasteiger partial charge in [-0.3, -0.25) is 20.4 Å². The van der Waals surface area contributed by atoms with Crippen LogP contribution in [0.3, 0.4) is 0 Å². The number of hydrogen-bond acceptors (Lipinski definition) is 4. The molecule has 0 saturated carbocycles. The van der Waals surface area contributed by atoms with E-state index in [1.165, 1.54) is 0 Å². The predicted octanol–water partition coefficient (Wildman–Crippen LogP) is 0.630. The Hall–Kier alpha value is -2.08. The summed E-state index contributed by atoms with van der Waals surface area (Å²) in [5, 5.41) is 8.56. The second kappa shape index (κ2) is 6.61. The van der Waals surface area contributed by atoms with Gasteiger partial charge in [-0.05, 0) is 25.5 Å². The lowest BCUT2D eigenvalue weighted by atomic mass is 10.1. The average Bonchev–Trinajstić information content (AvgIpc) is 2.35. The lowest BCUT2D eigenvalue weighted by molar-refractivity contribution is -0.138. The van der Waals surface area contributed by atoms with Gasteiger partial charge in [-0.1, -0.05) is 17.7 Å². The number of nitrogens with one attached hydrogen (secondary N) is 2. The van der Waals surface area contributed by atoms with Crippen molar-refractivity contribution < 1.29 is 14.7 Å². The van der Waals surface area contributed by atoms with Crippen LogP contribution < -0.4 is 16.6 Å². The zero-order valence-electron chi connectivity index (χ0n) is 10.1. The Morgan fingerprint density at radius 1 is 1.33 bits per heavy atom. The summed E-state index contributed by atoms with van der Waals surface area (Å²) < 4.78 is 0. The van der Waals surface area contributed by atoms with E-state index in [4.69, 9.17) is 10.8 Å². The van der Waals surface area contributed by atoms with Gasteiger partial charge in [0, 0.05) is 6.42 Å². The van der Waals surface area contributed by atoms with E-state index >= 15 is 0 Å². The van der Waals surface area contributed by atoms with E-state index < -0.39 is 12.0 Å². The molecule has 6 heteroatoms. The molecular weight excluding hydrogens is 234 g/mol. The van der Waals surface area contributed by atoms with Crippen LogP contribution >= 0.6 is 0 Å². The van der Waals surface area contributed by atoms with E-state index in [9.17, 15) is 9.59 Å². The minimum Gasteiger partial charge on any atom is -0.480 e. The minimum atomic E-state index is -1.10. The second-order valence-corrected chi connectivity index (χ2v) is 4.02. The third kappa shape index (κ3) is 4.84. The van der Waals surface area contributed by atoms with Crippen molar-refractivity contribution in [2.24, 2.45) is 5.73 Å². The van der Waals surface area contributed by atoms with E-state index in [1.54, 1.807) is 0 Å². The first-order valence-electron chi connectivity index (χ1n) is 5.59. The van der Waals surface area contributed by atoms with Crippen molar-refractivity contribution in [3.63, 3.8) is 0 Å². The van der Waals surface area contributed by atoms with Crippen LogP contribution in [-0.2, 0) is 9.59 Å². The molecule has 0 radical (unpaired) electrons. The van der Waals surface area contributed by atoms with Crippen molar-refractivity contribution in [3.05, 3.63) is 29.8 Å². The largest absolute Gasteiger partial charge is 0.480 e. The van der Waals surface area contributed by atoms with Gasteiger partial charge in [-0.15, -0.1) is 0 Å². The number of carbonyl (C=O) groups excluding carboxylic acids is 1. The van der Waals surface area contributed by atoms with E-state index in [0.717, 1.165) is 11.3 Å². The number of hydrazine groups is 1. The molecule has 6 nitrogen and oxygen atoms in total. The number of aliphatic carboxylic acids is 1. The molecule has 1 aromatic rings. The number of rotatable bonds is 6. The topological polar surface area (TPSA) is 104 Å². The fourth-order valence-corrected chi connectivity index (χ4v) is 1.25. The molecule has 0 aliphatic heterocycles. The highest BCUT2D eigenvalue weighted by Gasteiger charge is 2.13. The van der Waals surface area contributed by atoms with Crippen LogP contribution in [0.25, 0.3) is 0 Å². The summed E-state index contributed by atoms with van der Waals surface area (Å²) in [5.74, 6) is -1.40.